The highest BCUT2D eigenvalue weighted by Gasteiger charge is 2.61. The van der Waals surface area contributed by atoms with E-state index in [1.54, 1.807) is 44.1 Å². The summed E-state index contributed by atoms with van der Waals surface area (Å²) in [5.74, 6) is 2.48. The third-order valence-electron chi connectivity index (χ3n) is 13.9. The number of ether oxygens (including phenoxy) is 7. The molecule has 0 aromatic carbocycles. The highest BCUT2D eigenvalue weighted by molar-refractivity contribution is 6.30. The van der Waals surface area contributed by atoms with Gasteiger partial charge in [-0.15, -0.1) is 0 Å². The van der Waals surface area contributed by atoms with Gasteiger partial charge in [-0.1, -0.05) is 39.3 Å². The highest BCUT2D eigenvalue weighted by Crippen LogP contribution is 2.49. The van der Waals surface area contributed by atoms with Crippen LogP contribution in [0.3, 0.4) is 0 Å². The first kappa shape index (κ1) is 61.4. The summed E-state index contributed by atoms with van der Waals surface area (Å²) in [6.07, 6.45) is 2.86. The number of aryl methyl sites for hydroxylation is 2. The minimum absolute atomic E-state index is 0.192. The van der Waals surface area contributed by atoms with E-state index in [-0.39, 0.29) is 54.9 Å². The predicted octanol–water partition coefficient (Wildman–Crippen LogP) is 9.78. The second-order valence-corrected chi connectivity index (χ2v) is 23.6. The Morgan fingerprint density at radius 3 is 1.16 bits per heavy atom. The van der Waals surface area contributed by atoms with Crippen LogP contribution in [0.15, 0.2) is 49.3 Å². The second kappa shape index (κ2) is 25.1. The molecule has 1 N–H and O–H groups in total. The average molecular weight is 1120 g/mol. The number of fused-ring (bicyclic) bond motifs is 4. The van der Waals surface area contributed by atoms with Crippen LogP contribution in [0, 0.1) is 49.4 Å². The van der Waals surface area contributed by atoms with Gasteiger partial charge in [0.1, 0.15) is 23.9 Å². The molecule has 432 valence electrons. The number of piperidine rings is 4. The molecule has 0 saturated carbocycles. The van der Waals surface area contributed by atoms with Gasteiger partial charge in [-0.3, -0.25) is 9.97 Å². The van der Waals surface area contributed by atoms with E-state index >= 15 is 0 Å². The third kappa shape index (κ3) is 14.9. The molecular formula is C56H79ClN10O12. The van der Waals surface area contributed by atoms with Gasteiger partial charge >= 0.3 is 24.4 Å². The molecule has 8 rings (SSSR count). The number of hydrogen-bond acceptors (Lipinski definition) is 18. The summed E-state index contributed by atoms with van der Waals surface area (Å²) in [6.45, 7) is 32.5. The van der Waals surface area contributed by atoms with Crippen LogP contribution in [0.4, 0.5) is 19.2 Å². The summed E-state index contributed by atoms with van der Waals surface area (Å²) in [5, 5.41) is 11.2. The Bertz CT molecular complexity index is 2690. The molecule has 8 heterocycles. The molecule has 4 aromatic rings. The Morgan fingerprint density at radius 1 is 0.506 bits per heavy atom. The topological polar surface area (TPSA) is 243 Å². The summed E-state index contributed by atoms with van der Waals surface area (Å²) < 4.78 is 40.0. The van der Waals surface area contributed by atoms with Crippen LogP contribution in [-0.2, 0) is 18.9 Å². The van der Waals surface area contributed by atoms with Crippen LogP contribution in [0.1, 0.15) is 106 Å². The van der Waals surface area contributed by atoms with Crippen LogP contribution in [0.5, 0.6) is 29.1 Å². The monoisotopic (exact) mass is 1120 g/mol. The largest absolute Gasteiger partial charge is 0.473 e. The summed E-state index contributed by atoms with van der Waals surface area (Å²) in [7, 11) is 0. The normalized spacial score (nSPS) is 24.2. The number of likely N-dealkylation sites (tertiary alicyclic amines) is 4. The van der Waals surface area contributed by atoms with Crippen molar-refractivity contribution < 1.29 is 57.4 Å². The first-order chi connectivity index (χ1) is 37.0. The first-order valence-corrected chi connectivity index (χ1v) is 27.0. The Hall–Kier alpha value is -6.81. The molecule has 23 heteroatoms. The molecule has 0 aliphatic carbocycles. The fraction of sp³-hybridized carbons (Fsp3) is 0.607. The summed E-state index contributed by atoms with van der Waals surface area (Å²) >= 11 is 5.87. The number of aromatic nitrogens is 6. The van der Waals surface area contributed by atoms with E-state index in [4.69, 9.17) is 44.8 Å². The lowest BCUT2D eigenvalue weighted by Crippen LogP contribution is -2.73. The minimum atomic E-state index is -0.643. The number of hydrogen-bond donors (Lipinski definition) is 1. The Labute approximate surface area is 468 Å². The standard InChI is InChI=1S/C28H39N5O6.C17H30N2O5.C11H10ClN3O/c1-17(2)36-25(34)32-12-27(7)14-33(26(35)37-18(3)4)15-28(8,13-32)24(27)39-23-19(5)22(30-16-31-23)38-21-10-9-11-29-20(21)6;1-11(2)23-14(21)18-7-16(5)9-19(15(22)24-12(3)4)10-17(6,8-18)13(16)20;1-7-10(12)14-6-15-11(7)16-9-4-3-5-13-8(9)2/h9-11,16-18,24H,12-15H2,1-8H3;11-13,20H,7-10H2,1-6H3;3-6H,1-2H3. The molecule has 0 atom stereocenters. The van der Waals surface area contributed by atoms with Crippen molar-refractivity contribution in [3.63, 3.8) is 0 Å². The van der Waals surface area contributed by atoms with Gasteiger partial charge in [0.25, 0.3) is 0 Å². The molecule has 4 amide bonds. The van der Waals surface area contributed by atoms with Crippen molar-refractivity contribution in [2.75, 3.05) is 52.4 Å². The molecule has 4 fully saturated rings. The van der Waals surface area contributed by atoms with Crippen molar-refractivity contribution in [1.82, 2.24) is 49.5 Å². The van der Waals surface area contributed by atoms with Crippen molar-refractivity contribution >= 4 is 36.0 Å². The van der Waals surface area contributed by atoms with Crippen LogP contribution in [0.25, 0.3) is 0 Å². The molecule has 4 aromatic heterocycles. The molecule has 0 unspecified atom stereocenters. The van der Waals surface area contributed by atoms with Crippen molar-refractivity contribution in [3.05, 3.63) is 77.0 Å². The number of nitrogens with zero attached hydrogens (tertiary/aromatic N) is 10. The van der Waals surface area contributed by atoms with Crippen LogP contribution >= 0.6 is 11.6 Å². The zero-order valence-corrected chi connectivity index (χ0v) is 49.3. The molecule has 0 radical (unpaired) electrons. The van der Waals surface area contributed by atoms with Crippen molar-refractivity contribution in [2.45, 2.75) is 147 Å². The number of carbonyl (C=O) groups is 4. The molecular weight excluding hydrogens is 1040 g/mol. The second-order valence-electron chi connectivity index (χ2n) is 23.3. The maximum absolute atomic E-state index is 13.0. The minimum Gasteiger partial charge on any atom is -0.473 e. The van der Waals surface area contributed by atoms with Gasteiger partial charge in [0.15, 0.2) is 11.5 Å². The van der Waals surface area contributed by atoms with Gasteiger partial charge < -0.3 is 57.9 Å². The highest BCUT2D eigenvalue weighted by atomic mass is 35.5. The third-order valence-corrected chi connectivity index (χ3v) is 14.3. The summed E-state index contributed by atoms with van der Waals surface area (Å²) in [4.78, 5) is 82.3. The zero-order valence-electron chi connectivity index (χ0n) is 48.5. The number of pyridine rings is 2. The fourth-order valence-corrected chi connectivity index (χ4v) is 10.9. The van der Waals surface area contributed by atoms with E-state index in [1.807, 2.05) is 123 Å². The van der Waals surface area contributed by atoms with Gasteiger partial charge in [0.05, 0.1) is 47.5 Å². The summed E-state index contributed by atoms with van der Waals surface area (Å²) in [6, 6.07) is 7.26. The summed E-state index contributed by atoms with van der Waals surface area (Å²) in [5.41, 5.74) is 0.383. The van der Waals surface area contributed by atoms with Crippen LogP contribution < -0.4 is 14.2 Å². The molecule has 4 aliphatic heterocycles. The Morgan fingerprint density at radius 2 is 0.823 bits per heavy atom. The molecule has 22 nitrogen and oxygen atoms in total. The van der Waals surface area contributed by atoms with E-state index in [0.717, 1.165) is 11.4 Å². The number of amides is 4. The van der Waals surface area contributed by atoms with E-state index in [1.165, 1.54) is 12.7 Å². The number of aliphatic hydroxyl groups is 1. The quantitative estimate of drug-likeness (QED) is 0.115. The average Bonchev–Trinajstić information content (AvgIpc) is 3.49. The molecule has 4 aliphatic rings. The van der Waals surface area contributed by atoms with Gasteiger partial charge in [-0.05, 0) is 107 Å². The molecule has 4 bridgehead atoms. The van der Waals surface area contributed by atoms with Crippen LogP contribution in [0.2, 0.25) is 5.15 Å². The number of halogens is 1. The zero-order chi connectivity index (χ0) is 58.4. The van der Waals surface area contributed by atoms with Crippen molar-refractivity contribution in [3.8, 4) is 29.1 Å². The van der Waals surface area contributed by atoms with Gasteiger partial charge in [-0.2, -0.15) is 0 Å². The number of carbonyl (C=O) groups excluding carboxylic acids is 4. The van der Waals surface area contributed by atoms with E-state index in [2.05, 4.69) is 29.9 Å². The lowest BCUT2D eigenvalue weighted by atomic mass is 9.63. The Balaban J connectivity index is 0.000000213. The van der Waals surface area contributed by atoms with Gasteiger partial charge in [-0.25, -0.2) is 39.1 Å². The van der Waals surface area contributed by atoms with E-state index in [9.17, 15) is 24.3 Å². The molecule has 4 saturated heterocycles. The maximum atomic E-state index is 13.0. The molecule has 0 spiro atoms. The lowest BCUT2D eigenvalue weighted by molar-refractivity contribution is -0.164. The Kier molecular flexibility index (Phi) is 19.5. The van der Waals surface area contributed by atoms with Crippen molar-refractivity contribution in [2.24, 2.45) is 21.7 Å². The number of rotatable bonds is 10. The smallest absolute Gasteiger partial charge is 0.410 e. The number of aliphatic hydroxyl groups excluding tert-OH is 1. The van der Waals surface area contributed by atoms with E-state index < -0.39 is 27.8 Å². The maximum Gasteiger partial charge on any atom is 0.410 e. The molecule has 79 heavy (non-hydrogen) atoms. The van der Waals surface area contributed by atoms with Crippen LogP contribution in [-0.4, -0.2) is 168 Å². The van der Waals surface area contributed by atoms with Gasteiger partial charge in [0, 0.05) is 92.0 Å². The fourth-order valence-electron chi connectivity index (χ4n) is 10.8. The van der Waals surface area contributed by atoms with Gasteiger partial charge in [0.2, 0.25) is 17.6 Å². The van der Waals surface area contributed by atoms with E-state index in [0.29, 0.717) is 97.8 Å². The van der Waals surface area contributed by atoms with Crippen molar-refractivity contribution in [1.29, 1.82) is 0 Å². The lowest BCUT2D eigenvalue weighted by Gasteiger charge is -2.60. The predicted molar refractivity (Wildman–Crippen MR) is 292 cm³/mol. The SMILES string of the molecule is CC(C)OC(=O)N1CC2(C)CN(C(=O)OC(C)C)CC(C)(C1)C2O.Cc1ncccc1Oc1ncnc(Cl)c1C.Cc1ncccc1Oc1ncnc(OC2C3(C)CN(C(=O)OC(C)C)CC2(C)CN(C(=O)OC(C)C)C3)c1C. The first-order valence-electron chi connectivity index (χ1n) is 26.6.